The Balaban J connectivity index is 1.86. The number of alkyl halides is 1. The van der Waals surface area contributed by atoms with Gasteiger partial charge in [0.1, 0.15) is 5.75 Å². The van der Waals surface area contributed by atoms with Crippen molar-refractivity contribution in [1.82, 2.24) is 0 Å². The van der Waals surface area contributed by atoms with E-state index in [-0.39, 0.29) is 5.91 Å². The first-order valence-corrected chi connectivity index (χ1v) is 7.58. The Hall–Kier alpha value is -2.33. The number of benzene rings is 2. The quantitative estimate of drug-likeness (QED) is 0.587. The van der Waals surface area contributed by atoms with Crippen LogP contribution in [0.2, 0.25) is 5.02 Å². The third-order valence-corrected chi connectivity index (χ3v) is 3.22. The molecule has 1 amide bonds. The Morgan fingerprint density at radius 2 is 1.83 bits per heavy atom. The Bertz CT molecular complexity index is 654. The van der Waals surface area contributed by atoms with Gasteiger partial charge in [-0.2, -0.15) is 0 Å². The monoisotopic (exact) mass is 333 g/mol. The van der Waals surface area contributed by atoms with Crippen molar-refractivity contribution in [3.8, 4) is 5.75 Å². The van der Waals surface area contributed by atoms with Crippen LogP contribution in [0.4, 0.5) is 10.1 Å². The molecule has 0 radical (unpaired) electrons. The molecule has 0 fully saturated rings. The molecule has 1 N–H and O–H groups in total. The molecule has 0 aliphatic rings. The molecule has 23 heavy (non-hydrogen) atoms. The number of amides is 1. The predicted molar refractivity (Wildman–Crippen MR) is 91.6 cm³/mol. The number of carbonyl (C=O) groups excluding carboxylic acids is 1. The van der Waals surface area contributed by atoms with Crippen molar-refractivity contribution >= 4 is 29.3 Å². The summed E-state index contributed by atoms with van der Waals surface area (Å²) in [6.07, 6.45) is 3.53. The van der Waals surface area contributed by atoms with Gasteiger partial charge in [-0.3, -0.25) is 9.18 Å². The zero-order chi connectivity index (χ0) is 16.5. The van der Waals surface area contributed by atoms with Gasteiger partial charge in [-0.25, -0.2) is 0 Å². The van der Waals surface area contributed by atoms with Crippen molar-refractivity contribution in [3.63, 3.8) is 0 Å². The molecule has 0 aromatic heterocycles. The van der Waals surface area contributed by atoms with Crippen LogP contribution in [-0.2, 0) is 4.79 Å². The molecule has 0 aliphatic carbocycles. The minimum Gasteiger partial charge on any atom is -0.493 e. The molecule has 2 rings (SSSR count). The highest BCUT2D eigenvalue weighted by Gasteiger charge is 1.99. The number of ether oxygens (including phenoxy) is 1. The van der Waals surface area contributed by atoms with Gasteiger partial charge >= 0.3 is 0 Å². The lowest BCUT2D eigenvalue weighted by atomic mass is 10.2. The van der Waals surface area contributed by atoms with Crippen molar-refractivity contribution in [2.24, 2.45) is 0 Å². The first-order chi connectivity index (χ1) is 11.2. The molecule has 0 saturated heterocycles. The first-order valence-electron chi connectivity index (χ1n) is 7.21. The molecule has 0 saturated carbocycles. The lowest BCUT2D eigenvalue weighted by molar-refractivity contribution is -0.111. The number of rotatable bonds is 7. The number of halogens is 2. The second-order valence-corrected chi connectivity index (χ2v) is 5.23. The SMILES string of the molecule is O=C(/C=C/c1ccc(Cl)cc1)Nc1ccc(OCCCF)cc1. The Morgan fingerprint density at radius 3 is 2.48 bits per heavy atom. The molecule has 0 atom stereocenters. The molecule has 5 heteroatoms. The second kappa shape index (κ2) is 8.96. The molecular formula is C18H17ClFNO2. The van der Waals surface area contributed by atoms with E-state index in [1.165, 1.54) is 6.08 Å². The van der Waals surface area contributed by atoms with Gasteiger partial charge in [-0.1, -0.05) is 23.7 Å². The molecule has 0 bridgehead atoms. The molecule has 2 aromatic carbocycles. The van der Waals surface area contributed by atoms with E-state index in [4.69, 9.17) is 16.3 Å². The van der Waals surface area contributed by atoms with Crippen molar-refractivity contribution in [2.45, 2.75) is 6.42 Å². The zero-order valence-electron chi connectivity index (χ0n) is 12.5. The number of anilines is 1. The zero-order valence-corrected chi connectivity index (χ0v) is 13.2. The van der Waals surface area contributed by atoms with Crippen molar-refractivity contribution in [1.29, 1.82) is 0 Å². The molecule has 0 unspecified atom stereocenters. The van der Waals surface area contributed by atoms with Crippen LogP contribution in [0.3, 0.4) is 0 Å². The lowest BCUT2D eigenvalue weighted by Crippen LogP contribution is -2.07. The maximum Gasteiger partial charge on any atom is 0.248 e. The fraction of sp³-hybridized carbons (Fsp3) is 0.167. The summed E-state index contributed by atoms with van der Waals surface area (Å²) in [5.74, 6) is 0.416. The molecular weight excluding hydrogens is 317 g/mol. The molecule has 0 spiro atoms. The molecule has 0 heterocycles. The predicted octanol–water partition coefficient (Wildman–Crippen LogP) is 4.73. The van der Waals surface area contributed by atoms with Crippen LogP contribution in [0.1, 0.15) is 12.0 Å². The summed E-state index contributed by atoms with van der Waals surface area (Å²) in [5, 5.41) is 3.40. The maximum absolute atomic E-state index is 12.0. The third-order valence-electron chi connectivity index (χ3n) is 2.97. The van der Waals surface area contributed by atoms with Gasteiger partial charge in [-0.15, -0.1) is 0 Å². The van der Waals surface area contributed by atoms with E-state index in [0.29, 0.717) is 29.5 Å². The summed E-state index contributed by atoms with van der Waals surface area (Å²) in [5.41, 5.74) is 1.55. The Labute approximate surface area is 139 Å². The highest BCUT2D eigenvalue weighted by Crippen LogP contribution is 2.16. The van der Waals surface area contributed by atoms with Gasteiger partial charge in [0, 0.05) is 23.2 Å². The smallest absolute Gasteiger partial charge is 0.248 e. The largest absolute Gasteiger partial charge is 0.493 e. The highest BCUT2D eigenvalue weighted by molar-refractivity contribution is 6.30. The highest BCUT2D eigenvalue weighted by atomic mass is 35.5. The average molecular weight is 334 g/mol. The molecule has 2 aromatic rings. The standard InChI is InChI=1S/C18H17ClFNO2/c19-15-5-2-14(3-6-15)4-11-18(22)21-16-7-9-17(10-8-16)23-13-1-12-20/h2-11H,1,12-13H2,(H,21,22)/b11-4+. The van der Waals surface area contributed by atoms with Crippen LogP contribution in [0.5, 0.6) is 5.75 Å². The van der Waals surface area contributed by atoms with E-state index in [1.807, 2.05) is 12.1 Å². The Morgan fingerprint density at radius 1 is 1.13 bits per heavy atom. The van der Waals surface area contributed by atoms with Gasteiger partial charge in [0.15, 0.2) is 0 Å². The molecule has 0 aliphatic heterocycles. The topological polar surface area (TPSA) is 38.3 Å². The van der Waals surface area contributed by atoms with E-state index in [0.717, 1.165) is 5.56 Å². The summed E-state index contributed by atoms with van der Waals surface area (Å²) < 4.78 is 17.3. The summed E-state index contributed by atoms with van der Waals surface area (Å²) >= 11 is 5.80. The minimum absolute atomic E-state index is 0.231. The molecule has 3 nitrogen and oxygen atoms in total. The van der Waals surface area contributed by atoms with E-state index in [9.17, 15) is 9.18 Å². The van der Waals surface area contributed by atoms with Crippen LogP contribution in [0.25, 0.3) is 6.08 Å². The van der Waals surface area contributed by atoms with Crippen LogP contribution in [-0.4, -0.2) is 19.2 Å². The fourth-order valence-corrected chi connectivity index (χ4v) is 1.93. The number of carbonyl (C=O) groups is 1. The lowest BCUT2D eigenvalue weighted by Gasteiger charge is -2.06. The van der Waals surface area contributed by atoms with Gasteiger partial charge in [0.2, 0.25) is 5.91 Å². The van der Waals surface area contributed by atoms with Crippen LogP contribution in [0.15, 0.2) is 54.6 Å². The van der Waals surface area contributed by atoms with E-state index in [1.54, 1.807) is 42.5 Å². The molecule has 120 valence electrons. The van der Waals surface area contributed by atoms with Gasteiger partial charge in [0.05, 0.1) is 13.3 Å². The third kappa shape index (κ3) is 6.12. The maximum atomic E-state index is 12.0. The number of nitrogens with one attached hydrogen (secondary N) is 1. The van der Waals surface area contributed by atoms with Gasteiger partial charge < -0.3 is 10.1 Å². The van der Waals surface area contributed by atoms with E-state index >= 15 is 0 Å². The minimum atomic E-state index is -0.395. The van der Waals surface area contributed by atoms with Gasteiger partial charge in [0.25, 0.3) is 0 Å². The van der Waals surface area contributed by atoms with Crippen LogP contribution < -0.4 is 10.1 Å². The summed E-state index contributed by atoms with van der Waals surface area (Å²) in [6, 6.07) is 14.1. The van der Waals surface area contributed by atoms with Crippen LogP contribution in [0, 0.1) is 0 Å². The fourth-order valence-electron chi connectivity index (χ4n) is 1.81. The van der Waals surface area contributed by atoms with E-state index < -0.39 is 6.67 Å². The summed E-state index contributed by atoms with van der Waals surface area (Å²) in [4.78, 5) is 11.9. The summed E-state index contributed by atoms with van der Waals surface area (Å²) in [6.45, 7) is -0.0554. The van der Waals surface area contributed by atoms with Crippen molar-refractivity contribution in [2.75, 3.05) is 18.6 Å². The summed E-state index contributed by atoms with van der Waals surface area (Å²) in [7, 11) is 0. The average Bonchev–Trinajstić information content (AvgIpc) is 2.56. The van der Waals surface area contributed by atoms with Gasteiger partial charge in [-0.05, 0) is 48.0 Å². The van der Waals surface area contributed by atoms with Crippen molar-refractivity contribution in [3.05, 3.63) is 65.2 Å². The van der Waals surface area contributed by atoms with Crippen LogP contribution >= 0.6 is 11.6 Å². The Kier molecular flexibility index (Phi) is 6.63. The van der Waals surface area contributed by atoms with Crippen molar-refractivity contribution < 1.29 is 13.9 Å². The number of hydrogen-bond acceptors (Lipinski definition) is 2. The normalized spacial score (nSPS) is 10.7. The van der Waals surface area contributed by atoms with E-state index in [2.05, 4.69) is 5.32 Å². The second-order valence-electron chi connectivity index (χ2n) is 4.79. The number of hydrogen-bond donors (Lipinski definition) is 1. The first kappa shape index (κ1) is 17.0.